The molecule has 0 aliphatic rings. The van der Waals surface area contributed by atoms with Gasteiger partial charge in [0, 0.05) is 18.7 Å². The van der Waals surface area contributed by atoms with Gasteiger partial charge in [0.25, 0.3) is 0 Å². The van der Waals surface area contributed by atoms with E-state index in [-0.39, 0.29) is 12.5 Å². The largest absolute Gasteiger partial charge is 0.390 e. The molecule has 0 spiro atoms. The summed E-state index contributed by atoms with van der Waals surface area (Å²) in [6, 6.07) is 5.87. The molecule has 2 aromatic rings. The van der Waals surface area contributed by atoms with Crippen LogP contribution in [0.15, 0.2) is 30.6 Å². The summed E-state index contributed by atoms with van der Waals surface area (Å²) in [6.45, 7) is 7.54. The van der Waals surface area contributed by atoms with E-state index in [0.29, 0.717) is 12.2 Å². The molecule has 21 heavy (non-hydrogen) atoms. The molecule has 0 aliphatic heterocycles. The molecule has 1 N–H and O–H groups in total. The summed E-state index contributed by atoms with van der Waals surface area (Å²) in [5.74, 6) is 1.01. The minimum atomic E-state index is -0.0870. The van der Waals surface area contributed by atoms with Crippen molar-refractivity contribution in [3.63, 3.8) is 0 Å². The minimum Gasteiger partial charge on any atom is -0.390 e. The molecule has 0 saturated heterocycles. The molecular formula is C16H22N4O. The van der Waals surface area contributed by atoms with Gasteiger partial charge in [-0.3, -0.25) is 4.98 Å². The highest BCUT2D eigenvalue weighted by Crippen LogP contribution is 2.22. The van der Waals surface area contributed by atoms with Crippen molar-refractivity contribution in [3.8, 4) is 0 Å². The lowest BCUT2D eigenvalue weighted by Crippen LogP contribution is -2.25. The molecule has 0 atom stereocenters. The zero-order chi connectivity index (χ0) is 15.2. The van der Waals surface area contributed by atoms with E-state index in [1.54, 1.807) is 12.4 Å². The zero-order valence-electron chi connectivity index (χ0n) is 12.8. The van der Waals surface area contributed by atoms with Gasteiger partial charge < -0.3 is 10.0 Å². The van der Waals surface area contributed by atoms with Gasteiger partial charge in [-0.25, -0.2) is 9.97 Å². The second kappa shape index (κ2) is 7.13. The molecule has 2 heterocycles. The lowest BCUT2D eigenvalue weighted by Gasteiger charge is -2.24. The van der Waals surface area contributed by atoms with Gasteiger partial charge >= 0.3 is 0 Å². The maximum absolute atomic E-state index is 9.60. The fourth-order valence-electron chi connectivity index (χ4n) is 2.14. The number of aromatic nitrogens is 3. The monoisotopic (exact) mass is 286 g/mol. The Hall–Kier alpha value is -2.01. The summed E-state index contributed by atoms with van der Waals surface area (Å²) in [5, 5.41) is 9.60. The Morgan fingerprint density at radius 3 is 2.62 bits per heavy atom. The summed E-state index contributed by atoms with van der Waals surface area (Å²) in [4.78, 5) is 15.4. The molecule has 0 aromatic carbocycles. The molecule has 0 radical (unpaired) electrons. The molecule has 5 heteroatoms. The number of pyridine rings is 1. The Balaban J connectivity index is 2.29. The number of nitrogens with zero attached hydrogens (tertiary/aromatic N) is 4. The van der Waals surface area contributed by atoms with Gasteiger partial charge in [0.2, 0.25) is 0 Å². The highest BCUT2D eigenvalue weighted by molar-refractivity contribution is 5.49. The Labute approximate surface area is 125 Å². The Morgan fingerprint density at radius 1 is 1.24 bits per heavy atom. The van der Waals surface area contributed by atoms with Crippen molar-refractivity contribution in [1.82, 2.24) is 15.0 Å². The third-order valence-electron chi connectivity index (χ3n) is 3.33. The van der Waals surface area contributed by atoms with Crippen molar-refractivity contribution in [2.45, 2.75) is 39.8 Å². The van der Waals surface area contributed by atoms with Gasteiger partial charge in [-0.2, -0.15) is 0 Å². The van der Waals surface area contributed by atoms with Crippen LogP contribution in [0.1, 0.15) is 43.9 Å². The predicted octanol–water partition coefficient (Wildman–Crippen LogP) is 2.51. The van der Waals surface area contributed by atoms with Crippen LogP contribution in [0.3, 0.4) is 0 Å². The van der Waals surface area contributed by atoms with Gasteiger partial charge in [-0.15, -0.1) is 0 Å². The topological polar surface area (TPSA) is 62.1 Å². The zero-order valence-corrected chi connectivity index (χ0v) is 12.8. The predicted molar refractivity (Wildman–Crippen MR) is 83.0 cm³/mol. The number of aliphatic hydroxyl groups excluding tert-OH is 1. The average Bonchev–Trinajstić information content (AvgIpc) is 2.53. The maximum Gasteiger partial charge on any atom is 0.131 e. The van der Waals surface area contributed by atoms with Crippen LogP contribution in [0.2, 0.25) is 0 Å². The number of hydrogen-bond donors (Lipinski definition) is 1. The smallest absolute Gasteiger partial charge is 0.131 e. The summed E-state index contributed by atoms with van der Waals surface area (Å²) < 4.78 is 0. The first kappa shape index (κ1) is 15.4. The van der Waals surface area contributed by atoms with Crippen molar-refractivity contribution in [1.29, 1.82) is 0 Å². The van der Waals surface area contributed by atoms with Gasteiger partial charge in [0.15, 0.2) is 0 Å². The van der Waals surface area contributed by atoms with Crippen molar-refractivity contribution < 1.29 is 5.11 Å². The lowest BCUT2D eigenvalue weighted by molar-refractivity contribution is 0.276. The third-order valence-corrected chi connectivity index (χ3v) is 3.33. The van der Waals surface area contributed by atoms with Crippen molar-refractivity contribution >= 4 is 5.69 Å². The van der Waals surface area contributed by atoms with Gasteiger partial charge in [-0.1, -0.05) is 19.9 Å². The van der Waals surface area contributed by atoms with Crippen LogP contribution in [0.25, 0.3) is 0 Å². The molecule has 0 bridgehead atoms. The molecule has 5 nitrogen and oxygen atoms in total. The summed E-state index contributed by atoms with van der Waals surface area (Å²) >= 11 is 0. The minimum absolute atomic E-state index is 0.0870. The highest BCUT2D eigenvalue weighted by atomic mass is 16.3. The number of hydrogen-bond acceptors (Lipinski definition) is 5. The Morgan fingerprint density at radius 2 is 2.05 bits per heavy atom. The molecule has 0 amide bonds. The molecule has 0 saturated carbocycles. The van der Waals surface area contributed by atoms with Crippen LogP contribution >= 0.6 is 0 Å². The normalized spacial score (nSPS) is 10.9. The van der Waals surface area contributed by atoms with E-state index in [9.17, 15) is 5.11 Å². The molecule has 2 rings (SSSR count). The molecule has 2 aromatic heterocycles. The second-order valence-corrected chi connectivity index (χ2v) is 5.21. The van der Waals surface area contributed by atoms with Gasteiger partial charge in [0.1, 0.15) is 5.82 Å². The summed E-state index contributed by atoms with van der Waals surface area (Å²) in [5.41, 5.74) is 2.53. The van der Waals surface area contributed by atoms with E-state index in [1.165, 1.54) is 0 Å². The molecule has 0 aliphatic carbocycles. The standard InChI is InChI=1S/C16H22N4O/c1-4-20(10-13-7-5-6-8-17-13)15-9-18-16(12(2)3)19-14(15)11-21/h5-9,12,21H,4,10-11H2,1-3H3. The van der Waals surface area contributed by atoms with E-state index < -0.39 is 0 Å². The first-order chi connectivity index (χ1) is 10.2. The van der Waals surface area contributed by atoms with E-state index in [2.05, 4.69) is 26.8 Å². The van der Waals surface area contributed by atoms with Crippen molar-refractivity contribution in [3.05, 3.63) is 47.8 Å². The Bertz CT molecular complexity index is 572. The second-order valence-electron chi connectivity index (χ2n) is 5.21. The Kier molecular flexibility index (Phi) is 5.22. The van der Waals surface area contributed by atoms with Crippen LogP contribution in [-0.2, 0) is 13.2 Å². The summed E-state index contributed by atoms with van der Waals surface area (Å²) in [6.07, 6.45) is 3.59. The fraction of sp³-hybridized carbons (Fsp3) is 0.438. The fourth-order valence-corrected chi connectivity index (χ4v) is 2.14. The first-order valence-electron chi connectivity index (χ1n) is 7.27. The van der Waals surface area contributed by atoms with Crippen molar-refractivity contribution in [2.75, 3.05) is 11.4 Å². The van der Waals surface area contributed by atoms with Gasteiger partial charge in [-0.05, 0) is 19.1 Å². The van der Waals surface area contributed by atoms with Crippen LogP contribution in [-0.4, -0.2) is 26.6 Å². The quantitative estimate of drug-likeness (QED) is 0.884. The number of anilines is 1. The van der Waals surface area contributed by atoms with E-state index in [4.69, 9.17) is 0 Å². The summed E-state index contributed by atoms with van der Waals surface area (Å²) in [7, 11) is 0. The van der Waals surface area contributed by atoms with Crippen LogP contribution in [0, 0.1) is 0 Å². The van der Waals surface area contributed by atoms with Crippen LogP contribution in [0.4, 0.5) is 5.69 Å². The number of rotatable bonds is 6. The molecule has 0 fully saturated rings. The van der Waals surface area contributed by atoms with E-state index >= 15 is 0 Å². The highest BCUT2D eigenvalue weighted by Gasteiger charge is 2.14. The molecular weight excluding hydrogens is 264 g/mol. The molecule has 0 unspecified atom stereocenters. The molecule has 112 valence electrons. The van der Waals surface area contributed by atoms with Gasteiger partial charge in [0.05, 0.1) is 36.4 Å². The van der Waals surface area contributed by atoms with E-state index in [1.807, 2.05) is 32.0 Å². The first-order valence-corrected chi connectivity index (χ1v) is 7.27. The average molecular weight is 286 g/mol. The maximum atomic E-state index is 9.60. The number of aliphatic hydroxyl groups is 1. The lowest BCUT2D eigenvalue weighted by atomic mass is 10.2. The SMILES string of the molecule is CCN(Cc1ccccn1)c1cnc(C(C)C)nc1CO. The third kappa shape index (κ3) is 3.76. The van der Waals surface area contributed by atoms with E-state index in [0.717, 1.165) is 23.8 Å². The van der Waals surface area contributed by atoms with Crippen molar-refractivity contribution in [2.24, 2.45) is 0 Å². The van der Waals surface area contributed by atoms with Crippen LogP contribution in [0.5, 0.6) is 0 Å². The van der Waals surface area contributed by atoms with Crippen LogP contribution < -0.4 is 4.90 Å².